The van der Waals surface area contributed by atoms with Crippen LogP contribution in [-0.4, -0.2) is 15.9 Å². The molecule has 0 atom stereocenters. The molecule has 0 spiro atoms. The van der Waals surface area contributed by atoms with E-state index in [-0.39, 0.29) is 6.16 Å². The Morgan fingerprint density at radius 2 is 0.857 bits per heavy atom. The molecule has 0 saturated carbocycles. The van der Waals surface area contributed by atoms with E-state index in [1.165, 1.54) is 77.0 Å². The Kier molecular flexibility index (Phi) is 15.2. The van der Waals surface area contributed by atoms with E-state index in [1.54, 1.807) is 0 Å². The lowest BCUT2D eigenvalue weighted by Gasteiger charge is -2.04. The Morgan fingerprint density at radius 3 is 1.14 bits per heavy atom. The first-order valence-electron chi connectivity index (χ1n) is 9.11. The van der Waals surface area contributed by atoms with E-state index >= 15 is 0 Å². The van der Waals surface area contributed by atoms with Gasteiger partial charge in [-0.15, -0.1) is 0 Å². The zero-order chi connectivity index (χ0) is 15.8. The van der Waals surface area contributed by atoms with Crippen molar-refractivity contribution < 1.29 is 14.4 Å². The molecule has 0 radical (unpaired) electrons. The monoisotopic (exact) mass is 320 g/mol. The van der Waals surface area contributed by atoms with E-state index < -0.39 is 7.60 Å². The Hall–Kier alpha value is 0.150. The Morgan fingerprint density at radius 1 is 0.571 bits per heavy atom. The first-order valence-corrected chi connectivity index (χ1v) is 10.9. The van der Waals surface area contributed by atoms with Crippen molar-refractivity contribution >= 4 is 7.60 Å². The highest BCUT2D eigenvalue weighted by Gasteiger charge is 2.10. The number of rotatable bonds is 16. The van der Waals surface area contributed by atoms with Gasteiger partial charge in [-0.05, 0) is 6.42 Å². The summed E-state index contributed by atoms with van der Waals surface area (Å²) in [6, 6.07) is 0. The van der Waals surface area contributed by atoms with Gasteiger partial charge in [-0.3, -0.25) is 4.57 Å². The minimum atomic E-state index is -3.75. The van der Waals surface area contributed by atoms with Gasteiger partial charge in [-0.2, -0.15) is 0 Å². The van der Waals surface area contributed by atoms with Crippen LogP contribution in [0, 0.1) is 0 Å². The molecule has 0 saturated heterocycles. The maximum Gasteiger partial charge on any atom is 0.325 e. The number of hydrogen-bond acceptors (Lipinski definition) is 1. The van der Waals surface area contributed by atoms with E-state index in [0.29, 0.717) is 6.42 Å². The van der Waals surface area contributed by atoms with E-state index in [4.69, 9.17) is 9.79 Å². The third-order valence-electron chi connectivity index (χ3n) is 4.05. The maximum absolute atomic E-state index is 10.7. The van der Waals surface area contributed by atoms with Crippen LogP contribution in [0.15, 0.2) is 0 Å². The van der Waals surface area contributed by atoms with Gasteiger partial charge in [0.05, 0.1) is 0 Å². The first-order chi connectivity index (χ1) is 10.1. The number of hydrogen-bond donors (Lipinski definition) is 2. The topological polar surface area (TPSA) is 57.5 Å². The second-order valence-electron chi connectivity index (χ2n) is 6.34. The van der Waals surface area contributed by atoms with Gasteiger partial charge in [0.1, 0.15) is 0 Å². The number of unbranched alkanes of at least 4 members (excludes halogenated alkanes) is 14. The quantitative estimate of drug-likeness (QED) is 0.269. The van der Waals surface area contributed by atoms with Crippen LogP contribution < -0.4 is 0 Å². The van der Waals surface area contributed by atoms with E-state index in [2.05, 4.69) is 6.92 Å². The van der Waals surface area contributed by atoms with Gasteiger partial charge in [0, 0.05) is 6.16 Å². The summed E-state index contributed by atoms with van der Waals surface area (Å²) >= 11 is 0. The highest BCUT2D eigenvalue weighted by Crippen LogP contribution is 2.35. The molecule has 0 unspecified atom stereocenters. The zero-order valence-electron chi connectivity index (χ0n) is 14.1. The molecule has 21 heavy (non-hydrogen) atoms. The van der Waals surface area contributed by atoms with Crippen LogP contribution in [0.1, 0.15) is 103 Å². The molecular formula is C17H37O3P. The van der Waals surface area contributed by atoms with Crippen molar-refractivity contribution in [3.63, 3.8) is 0 Å². The van der Waals surface area contributed by atoms with Crippen LogP contribution in [0.5, 0.6) is 0 Å². The third-order valence-corrected chi connectivity index (χ3v) is 4.95. The van der Waals surface area contributed by atoms with Crippen molar-refractivity contribution in [1.82, 2.24) is 0 Å². The molecule has 128 valence electrons. The van der Waals surface area contributed by atoms with Gasteiger partial charge in [0.25, 0.3) is 0 Å². The van der Waals surface area contributed by atoms with Gasteiger partial charge in [-0.25, -0.2) is 0 Å². The van der Waals surface area contributed by atoms with Crippen molar-refractivity contribution in [2.75, 3.05) is 6.16 Å². The fraction of sp³-hybridized carbons (Fsp3) is 1.00. The molecule has 0 aliphatic heterocycles. The van der Waals surface area contributed by atoms with Crippen molar-refractivity contribution in [3.8, 4) is 0 Å². The average molecular weight is 320 g/mol. The summed E-state index contributed by atoms with van der Waals surface area (Å²) < 4.78 is 10.7. The summed E-state index contributed by atoms with van der Waals surface area (Å²) in [6.45, 7) is 2.26. The highest BCUT2D eigenvalue weighted by molar-refractivity contribution is 7.51. The SMILES string of the molecule is CCCCCCCCCCCCCCCCCP(=O)(O)O. The van der Waals surface area contributed by atoms with Crippen LogP contribution in [0.25, 0.3) is 0 Å². The van der Waals surface area contributed by atoms with Gasteiger partial charge in [-0.1, -0.05) is 96.8 Å². The minimum Gasteiger partial charge on any atom is -0.324 e. The zero-order valence-corrected chi connectivity index (χ0v) is 15.0. The van der Waals surface area contributed by atoms with Crippen LogP contribution in [-0.2, 0) is 4.57 Å². The third kappa shape index (κ3) is 20.1. The summed E-state index contributed by atoms with van der Waals surface area (Å²) in [5.74, 6) is 0. The molecule has 4 heteroatoms. The maximum atomic E-state index is 10.7. The molecule has 0 aliphatic rings. The molecule has 0 rings (SSSR count). The van der Waals surface area contributed by atoms with Crippen molar-refractivity contribution in [2.45, 2.75) is 103 Å². The summed E-state index contributed by atoms with van der Waals surface area (Å²) in [5, 5.41) is 0. The first kappa shape index (κ1) is 21.1. The second kappa shape index (κ2) is 15.1. The van der Waals surface area contributed by atoms with Gasteiger partial charge in [0.15, 0.2) is 0 Å². The van der Waals surface area contributed by atoms with Gasteiger partial charge >= 0.3 is 7.60 Å². The second-order valence-corrected chi connectivity index (χ2v) is 8.11. The molecular weight excluding hydrogens is 283 g/mol. The molecule has 2 N–H and O–H groups in total. The smallest absolute Gasteiger partial charge is 0.324 e. The molecule has 0 aromatic rings. The van der Waals surface area contributed by atoms with Crippen LogP contribution in [0.3, 0.4) is 0 Å². The molecule has 0 aromatic carbocycles. The summed E-state index contributed by atoms with van der Waals surface area (Å²) in [7, 11) is -3.75. The lowest BCUT2D eigenvalue weighted by Crippen LogP contribution is -1.88. The summed E-state index contributed by atoms with van der Waals surface area (Å²) in [4.78, 5) is 17.5. The molecule has 0 heterocycles. The largest absolute Gasteiger partial charge is 0.325 e. The van der Waals surface area contributed by atoms with Crippen molar-refractivity contribution in [2.24, 2.45) is 0 Å². The van der Waals surface area contributed by atoms with E-state index in [9.17, 15) is 4.57 Å². The normalized spacial score (nSPS) is 12.0. The van der Waals surface area contributed by atoms with Gasteiger partial charge in [0.2, 0.25) is 0 Å². The predicted octanol–water partition coefficient (Wildman–Crippen LogP) is 6.04. The van der Waals surface area contributed by atoms with Crippen LogP contribution in [0.2, 0.25) is 0 Å². The predicted molar refractivity (Wildman–Crippen MR) is 91.8 cm³/mol. The standard InChI is InChI=1S/C17H37O3P/c1-2-3-4-5-6-7-8-9-10-11-12-13-14-15-16-17-21(18,19)20/h2-17H2,1H3,(H2,18,19,20). The Bertz CT molecular complexity index is 250. The lowest BCUT2D eigenvalue weighted by atomic mass is 10.0. The van der Waals surface area contributed by atoms with Crippen LogP contribution >= 0.6 is 7.60 Å². The summed E-state index contributed by atoms with van der Waals surface area (Å²) in [6.07, 6.45) is 19.2. The molecule has 0 aliphatic carbocycles. The lowest BCUT2D eigenvalue weighted by molar-refractivity contribution is 0.370. The molecule has 0 bridgehead atoms. The van der Waals surface area contributed by atoms with Gasteiger partial charge < -0.3 is 9.79 Å². The fourth-order valence-electron chi connectivity index (χ4n) is 2.69. The van der Waals surface area contributed by atoms with E-state index in [1.807, 2.05) is 0 Å². The summed E-state index contributed by atoms with van der Waals surface area (Å²) in [5.41, 5.74) is 0. The molecule has 0 aromatic heterocycles. The van der Waals surface area contributed by atoms with E-state index in [0.717, 1.165) is 12.8 Å². The molecule has 0 fully saturated rings. The molecule has 3 nitrogen and oxygen atoms in total. The average Bonchev–Trinajstić information content (AvgIpc) is 2.42. The van der Waals surface area contributed by atoms with Crippen molar-refractivity contribution in [3.05, 3.63) is 0 Å². The Labute approximate surface area is 132 Å². The van der Waals surface area contributed by atoms with Crippen molar-refractivity contribution in [1.29, 1.82) is 0 Å². The highest BCUT2D eigenvalue weighted by atomic mass is 31.2. The molecule has 0 amide bonds. The fourth-order valence-corrected chi connectivity index (χ4v) is 3.32. The minimum absolute atomic E-state index is 0.0608. The van der Waals surface area contributed by atoms with Crippen LogP contribution in [0.4, 0.5) is 0 Å². The Balaban J connectivity index is 3.01.